The average molecular weight is 405 g/mol. The Morgan fingerprint density at radius 1 is 1.11 bits per heavy atom. The van der Waals surface area contributed by atoms with Crippen LogP contribution in [-0.2, 0) is 10.0 Å². The number of likely N-dealkylation sites (tertiary alicyclic amines) is 1. The van der Waals surface area contributed by atoms with Crippen LogP contribution in [0.2, 0.25) is 0 Å². The Morgan fingerprint density at radius 3 is 2.41 bits per heavy atom. The van der Waals surface area contributed by atoms with E-state index in [1.165, 1.54) is 0 Å². The Labute approximate surface area is 165 Å². The van der Waals surface area contributed by atoms with Crippen molar-refractivity contribution >= 4 is 27.7 Å². The standard InChI is InChI=1S/C20H24N2O3S2/c1-15-8-9-17(26-2)14-19(15)20(23)22-12-10-16(11-13-22)21-27(24,25)18-6-4-3-5-7-18/h3-9,14,16,21H,10-13H2,1-2H3. The highest BCUT2D eigenvalue weighted by molar-refractivity contribution is 7.98. The van der Waals surface area contributed by atoms with Gasteiger partial charge >= 0.3 is 0 Å². The molecule has 3 rings (SSSR count). The number of piperidine rings is 1. The van der Waals surface area contributed by atoms with Crippen molar-refractivity contribution in [3.63, 3.8) is 0 Å². The monoisotopic (exact) mass is 404 g/mol. The number of benzene rings is 2. The highest BCUT2D eigenvalue weighted by Crippen LogP contribution is 2.22. The van der Waals surface area contributed by atoms with Crippen molar-refractivity contribution in [2.45, 2.75) is 35.6 Å². The molecule has 0 radical (unpaired) electrons. The lowest BCUT2D eigenvalue weighted by atomic mass is 10.0. The summed E-state index contributed by atoms with van der Waals surface area (Å²) in [7, 11) is -3.52. The van der Waals surface area contributed by atoms with Gasteiger partial charge < -0.3 is 4.90 Å². The SMILES string of the molecule is CSc1ccc(C)c(C(=O)N2CCC(NS(=O)(=O)c3ccccc3)CC2)c1. The summed E-state index contributed by atoms with van der Waals surface area (Å²) >= 11 is 1.61. The Hall–Kier alpha value is -1.83. The number of sulfonamides is 1. The number of hydrogen-bond donors (Lipinski definition) is 1. The van der Waals surface area contributed by atoms with Gasteiger partial charge in [-0.05, 0) is 55.9 Å². The van der Waals surface area contributed by atoms with E-state index in [1.807, 2.05) is 36.3 Å². The van der Waals surface area contributed by atoms with Gasteiger partial charge in [0.25, 0.3) is 5.91 Å². The Morgan fingerprint density at radius 2 is 1.78 bits per heavy atom. The van der Waals surface area contributed by atoms with Gasteiger partial charge in [0.1, 0.15) is 0 Å². The van der Waals surface area contributed by atoms with Crippen LogP contribution in [0.4, 0.5) is 0 Å². The van der Waals surface area contributed by atoms with Gasteiger partial charge in [-0.3, -0.25) is 4.79 Å². The minimum Gasteiger partial charge on any atom is -0.339 e. The zero-order valence-electron chi connectivity index (χ0n) is 15.5. The van der Waals surface area contributed by atoms with Gasteiger partial charge in [-0.2, -0.15) is 0 Å². The number of carbonyl (C=O) groups is 1. The third-order valence-corrected chi connectivity index (χ3v) is 7.09. The van der Waals surface area contributed by atoms with E-state index in [0.29, 0.717) is 25.9 Å². The molecule has 0 saturated carbocycles. The fourth-order valence-electron chi connectivity index (χ4n) is 3.22. The maximum atomic E-state index is 12.9. The van der Waals surface area contributed by atoms with E-state index in [1.54, 1.807) is 42.1 Å². The average Bonchev–Trinajstić information content (AvgIpc) is 2.69. The van der Waals surface area contributed by atoms with Crippen LogP contribution in [0.15, 0.2) is 58.3 Å². The number of thioether (sulfide) groups is 1. The molecule has 27 heavy (non-hydrogen) atoms. The topological polar surface area (TPSA) is 66.5 Å². The second-order valence-corrected chi connectivity index (χ2v) is 9.28. The van der Waals surface area contributed by atoms with Gasteiger partial charge in [-0.1, -0.05) is 24.3 Å². The van der Waals surface area contributed by atoms with Crippen molar-refractivity contribution in [3.8, 4) is 0 Å². The van der Waals surface area contributed by atoms with E-state index >= 15 is 0 Å². The van der Waals surface area contributed by atoms with Crippen LogP contribution < -0.4 is 4.72 Å². The molecule has 0 unspecified atom stereocenters. The smallest absolute Gasteiger partial charge is 0.254 e. The summed E-state index contributed by atoms with van der Waals surface area (Å²) in [5, 5.41) is 0. The molecule has 0 aromatic heterocycles. The van der Waals surface area contributed by atoms with Crippen molar-refractivity contribution in [3.05, 3.63) is 59.7 Å². The summed E-state index contributed by atoms with van der Waals surface area (Å²) in [4.78, 5) is 16.0. The van der Waals surface area contributed by atoms with E-state index in [4.69, 9.17) is 0 Å². The van der Waals surface area contributed by atoms with E-state index in [0.717, 1.165) is 16.0 Å². The third-order valence-electron chi connectivity index (χ3n) is 4.83. The molecule has 1 aliphatic heterocycles. The second kappa shape index (κ2) is 8.46. The van der Waals surface area contributed by atoms with Crippen molar-refractivity contribution in [2.24, 2.45) is 0 Å². The van der Waals surface area contributed by atoms with Crippen LogP contribution >= 0.6 is 11.8 Å². The molecule has 2 aromatic carbocycles. The van der Waals surface area contributed by atoms with Crippen LogP contribution in [-0.4, -0.2) is 44.6 Å². The lowest BCUT2D eigenvalue weighted by Crippen LogP contribution is -2.46. The molecule has 0 bridgehead atoms. The number of nitrogens with one attached hydrogen (secondary N) is 1. The molecule has 1 fully saturated rings. The molecule has 1 aliphatic rings. The molecule has 144 valence electrons. The largest absolute Gasteiger partial charge is 0.339 e. The van der Waals surface area contributed by atoms with Gasteiger partial charge in [0.2, 0.25) is 10.0 Å². The summed E-state index contributed by atoms with van der Waals surface area (Å²) in [6.45, 7) is 3.03. The number of nitrogens with zero attached hydrogens (tertiary/aromatic N) is 1. The molecule has 2 aromatic rings. The van der Waals surface area contributed by atoms with Crippen LogP contribution in [0.1, 0.15) is 28.8 Å². The van der Waals surface area contributed by atoms with Crippen LogP contribution in [0.25, 0.3) is 0 Å². The first kappa shape index (κ1) is 19.9. The van der Waals surface area contributed by atoms with Gasteiger partial charge in [-0.15, -0.1) is 11.8 Å². The lowest BCUT2D eigenvalue weighted by Gasteiger charge is -2.32. The highest BCUT2D eigenvalue weighted by atomic mass is 32.2. The minimum atomic E-state index is -3.52. The number of rotatable bonds is 5. The zero-order valence-corrected chi connectivity index (χ0v) is 17.1. The van der Waals surface area contributed by atoms with Crippen LogP contribution in [0.5, 0.6) is 0 Å². The summed E-state index contributed by atoms with van der Waals surface area (Å²) in [6.07, 6.45) is 3.21. The fourth-order valence-corrected chi connectivity index (χ4v) is 4.98. The Kier molecular flexibility index (Phi) is 6.24. The maximum absolute atomic E-state index is 12.9. The lowest BCUT2D eigenvalue weighted by molar-refractivity contribution is 0.0710. The molecule has 7 heteroatoms. The molecule has 1 N–H and O–H groups in total. The number of amides is 1. The normalized spacial score (nSPS) is 15.7. The molecule has 0 spiro atoms. The zero-order chi connectivity index (χ0) is 19.4. The molecule has 0 aliphatic carbocycles. The van der Waals surface area contributed by atoms with Crippen molar-refractivity contribution in [1.29, 1.82) is 0 Å². The number of hydrogen-bond acceptors (Lipinski definition) is 4. The summed E-state index contributed by atoms with van der Waals surface area (Å²) in [5.41, 5.74) is 1.69. The maximum Gasteiger partial charge on any atom is 0.254 e. The molecule has 0 atom stereocenters. The van der Waals surface area contributed by atoms with Crippen molar-refractivity contribution < 1.29 is 13.2 Å². The predicted molar refractivity (Wildman–Crippen MR) is 109 cm³/mol. The van der Waals surface area contributed by atoms with Gasteiger partial charge in [-0.25, -0.2) is 13.1 Å². The van der Waals surface area contributed by atoms with E-state index in [9.17, 15) is 13.2 Å². The third kappa shape index (κ3) is 4.72. The number of carbonyl (C=O) groups excluding carboxylic acids is 1. The molecular weight excluding hydrogens is 380 g/mol. The summed E-state index contributed by atoms with van der Waals surface area (Å²) in [6, 6.07) is 14.1. The van der Waals surface area contributed by atoms with Gasteiger partial charge in [0, 0.05) is 29.6 Å². The molecule has 1 saturated heterocycles. The first-order valence-corrected chi connectivity index (χ1v) is 11.6. The molecule has 1 amide bonds. The van der Waals surface area contributed by atoms with Gasteiger partial charge in [0.15, 0.2) is 0 Å². The Bertz CT molecular complexity index is 906. The molecule has 5 nitrogen and oxygen atoms in total. The predicted octanol–water partition coefficient (Wildman–Crippen LogP) is 3.30. The first-order chi connectivity index (χ1) is 12.9. The first-order valence-electron chi connectivity index (χ1n) is 8.92. The minimum absolute atomic E-state index is 0.0211. The van der Waals surface area contributed by atoms with E-state index < -0.39 is 10.0 Å². The molecule has 1 heterocycles. The van der Waals surface area contributed by atoms with E-state index in [-0.39, 0.29) is 16.8 Å². The number of aryl methyl sites for hydroxylation is 1. The second-order valence-electron chi connectivity index (χ2n) is 6.68. The quantitative estimate of drug-likeness (QED) is 0.777. The van der Waals surface area contributed by atoms with Crippen LogP contribution in [0.3, 0.4) is 0 Å². The van der Waals surface area contributed by atoms with E-state index in [2.05, 4.69) is 4.72 Å². The molecular formula is C20H24N2O3S2. The van der Waals surface area contributed by atoms with Crippen LogP contribution in [0, 0.1) is 6.92 Å². The van der Waals surface area contributed by atoms with Gasteiger partial charge in [0.05, 0.1) is 4.90 Å². The van der Waals surface area contributed by atoms with Crippen molar-refractivity contribution in [2.75, 3.05) is 19.3 Å². The fraction of sp³-hybridized carbons (Fsp3) is 0.350. The van der Waals surface area contributed by atoms with Crippen molar-refractivity contribution in [1.82, 2.24) is 9.62 Å². The summed E-state index contributed by atoms with van der Waals surface area (Å²) < 4.78 is 27.7. The summed E-state index contributed by atoms with van der Waals surface area (Å²) in [5.74, 6) is 0.0211. The highest BCUT2D eigenvalue weighted by Gasteiger charge is 2.27. The Balaban J connectivity index is 1.63.